The van der Waals surface area contributed by atoms with Gasteiger partial charge in [-0.2, -0.15) is 0 Å². The Morgan fingerprint density at radius 1 is 1.50 bits per heavy atom. The van der Waals surface area contributed by atoms with Gasteiger partial charge in [0, 0.05) is 25.2 Å². The second-order valence-corrected chi connectivity index (χ2v) is 4.80. The Bertz CT molecular complexity index is 445. The van der Waals surface area contributed by atoms with Crippen LogP contribution in [0.4, 0.5) is 0 Å². The summed E-state index contributed by atoms with van der Waals surface area (Å²) in [5, 5.41) is 0. The van der Waals surface area contributed by atoms with E-state index >= 15 is 0 Å². The molecule has 0 radical (unpaired) electrons. The third-order valence-electron chi connectivity index (χ3n) is 3.30. The molecule has 0 aliphatic carbocycles. The minimum atomic E-state index is -0.0338. The highest BCUT2D eigenvalue weighted by atomic mass is 16.5. The number of carbonyl (C=O) groups excluding carboxylic acids is 1. The summed E-state index contributed by atoms with van der Waals surface area (Å²) in [5.74, 6) is 0.0780. The molecule has 1 aromatic carbocycles. The molecule has 98 valence electrons. The molecule has 2 N–H and O–H groups in total. The summed E-state index contributed by atoms with van der Waals surface area (Å²) in [6.07, 6.45) is -0.0338. The molecule has 2 rings (SSSR count). The lowest BCUT2D eigenvalue weighted by molar-refractivity contribution is -0.0167. The van der Waals surface area contributed by atoms with E-state index in [1.165, 1.54) is 5.56 Å². The zero-order chi connectivity index (χ0) is 13.1. The fourth-order valence-corrected chi connectivity index (χ4v) is 2.27. The fraction of sp³-hybridized carbons (Fsp3) is 0.500. The van der Waals surface area contributed by atoms with E-state index in [1.54, 1.807) is 0 Å². The van der Waals surface area contributed by atoms with Crippen LogP contribution in [-0.2, 0) is 4.74 Å². The number of nitrogens with zero attached hydrogens (tertiary/aromatic N) is 1. The van der Waals surface area contributed by atoms with Gasteiger partial charge in [-0.1, -0.05) is 17.7 Å². The number of aryl methyl sites for hydroxylation is 2. The van der Waals surface area contributed by atoms with E-state index in [1.807, 2.05) is 36.9 Å². The van der Waals surface area contributed by atoms with Crippen LogP contribution in [0.15, 0.2) is 18.2 Å². The summed E-state index contributed by atoms with van der Waals surface area (Å²) in [4.78, 5) is 14.3. The Balaban J connectivity index is 2.15. The quantitative estimate of drug-likeness (QED) is 0.852. The number of benzene rings is 1. The molecular weight excluding hydrogens is 228 g/mol. The van der Waals surface area contributed by atoms with Crippen molar-refractivity contribution in [2.75, 3.05) is 26.2 Å². The minimum Gasteiger partial charge on any atom is -0.373 e. The van der Waals surface area contributed by atoms with Gasteiger partial charge in [-0.3, -0.25) is 4.79 Å². The Morgan fingerprint density at radius 2 is 2.28 bits per heavy atom. The van der Waals surface area contributed by atoms with Crippen molar-refractivity contribution in [3.8, 4) is 0 Å². The highest BCUT2D eigenvalue weighted by Gasteiger charge is 2.24. The van der Waals surface area contributed by atoms with Gasteiger partial charge in [0.2, 0.25) is 0 Å². The van der Waals surface area contributed by atoms with E-state index in [2.05, 4.69) is 0 Å². The van der Waals surface area contributed by atoms with Crippen molar-refractivity contribution in [3.63, 3.8) is 0 Å². The Hall–Kier alpha value is -1.39. The van der Waals surface area contributed by atoms with Gasteiger partial charge >= 0.3 is 0 Å². The number of hydrogen-bond donors (Lipinski definition) is 1. The molecule has 0 aromatic heterocycles. The second-order valence-electron chi connectivity index (χ2n) is 4.80. The van der Waals surface area contributed by atoms with Crippen LogP contribution in [0.25, 0.3) is 0 Å². The van der Waals surface area contributed by atoms with Crippen molar-refractivity contribution in [1.82, 2.24) is 4.90 Å². The molecule has 4 nitrogen and oxygen atoms in total. The molecule has 1 amide bonds. The molecule has 1 fully saturated rings. The standard InChI is InChI=1S/C14H20N2O2/c1-10-3-4-13(11(2)7-10)14(17)16-5-6-18-12(8-15)9-16/h3-4,7,12H,5-6,8-9,15H2,1-2H3/t12-/m1/s1. The topological polar surface area (TPSA) is 55.6 Å². The predicted octanol–water partition coefficient (Wildman–Crippen LogP) is 1.10. The zero-order valence-electron chi connectivity index (χ0n) is 11.0. The summed E-state index contributed by atoms with van der Waals surface area (Å²) in [5.41, 5.74) is 8.56. The van der Waals surface area contributed by atoms with Gasteiger partial charge in [-0.25, -0.2) is 0 Å². The smallest absolute Gasteiger partial charge is 0.254 e. The van der Waals surface area contributed by atoms with Gasteiger partial charge in [-0.15, -0.1) is 0 Å². The van der Waals surface area contributed by atoms with E-state index in [9.17, 15) is 4.79 Å². The lowest BCUT2D eigenvalue weighted by Gasteiger charge is -2.32. The molecule has 0 saturated carbocycles. The number of hydrogen-bond acceptors (Lipinski definition) is 3. The van der Waals surface area contributed by atoms with Crippen molar-refractivity contribution in [2.24, 2.45) is 5.73 Å². The van der Waals surface area contributed by atoms with Gasteiger partial charge in [0.15, 0.2) is 0 Å². The number of nitrogens with two attached hydrogens (primary N) is 1. The molecule has 1 aliphatic heterocycles. The number of carbonyl (C=O) groups is 1. The Kier molecular flexibility index (Phi) is 3.99. The summed E-state index contributed by atoms with van der Waals surface area (Å²) in [7, 11) is 0. The predicted molar refractivity (Wildman–Crippen MR) is 70.6 cm³/mol. The maximum Gasteiger partial charge on any atom is 0.254 e. The highest BCUT2D eigenvalue weighted by Crippen LogP contribution is 2.15. The van der Waals surface area contributed by atoms with Gasteiger partial charge in [0.25, 0.3) is 5.91 Å². The lowest BCUT2D eigenvalue weighted by Crippen LogP contribution is -2.48. The first-order chi connectivity index (χ1) is 8.61. The van der Waals surface area contributed by atoms with Crippen molar-refractivity contribution in [2.45, 2.75) is 20.0 Å². The molecule has 18 heavy (non-hydrogen) atoms. The maximum absolute atomic E-state index is 12.4. The van der Waals surface area contributed by atoms with Crippen LogP contribution in [0.5, 0.6) is 0 Å². The first-order valence-corrected chi connectivity index (χ1v) is 6.30. The van der Waals surface area contributed by atoms with Crippen LogP contribution in [-0.4, -0.2) is 43.2 Å². The third-order valence-corrected chi connectivity index (χ3v) is 3.30. The summed E-state index contributed by atoms with van der Waals surface area (Å²) in [6.45, 7) is 6.25. The number of rotatable bonds is 2. The van der Waals surface area contributed by atoms with Gasteiger partial charge < -0.3 is 15.4 Å². The largest absolute Gasteiger partial charge is 0.373 e. The SMILES string of the molecule is Cc1ccc(C(=O)N2CCO[C@H](CN)C2)c(C)c1. The summed E-state index contributed by atoms with van der Waals surface area (Å²) >= 11 is 0. The molecule has 0 spiro atoms. The van der Waals surface area contributed by atoms with Crippen molar-refractivity contribution in [1.29, 1.82) is 0 Å². The lowest BCUT2D eigenvalue weighted by atomic mass is 10.0. The van der Waals surface area contributed by atoms with E-state index in [-0.39, 0.29) is 12.0 Å². The van der Waals surface area contributed by atoms with Crippen LogP contribution >= 0.6 is 0 Å². The average Bonchev–Trinajstić information content (AvgIpc) is 2.38. The molecule has 0 unspecified atom stereocenters. The minimum absolute atomic E-state index is 0.0338. The maximum atomic E-state index is 12.4. The number of ether oxygens (including phenoxy) is 1. The average molecular weight is 248 g/mol. The van der Waals surface area contributed by atoms with Crippen LogP contribution in [0.1, 0.15) is 21.5 Å². The molecule has 1 aliphatic rings. The van der Waals surface area contributed by atoms with E-state index in [4.69, 9.17) is 10.5 Å². The summed E-state index contributed by atoms with van der Waals surface area (Å²) < 4.78 is 5.47. The summed E-state index contributed by atoms with van der Waals surface area (Å²) in [6, 6.07) is 5.91. The molecule has 1 atom stereocenters. The molecule has 1 aromatic rings. The van der Waals surface area contributed by atoms with Crippen LogP contribution < -0.4 is 5.73 Å². The van der Waals surface area contributed by atoms with Gasteiger partial charge in [0.1, 0.15) is 0 Å². The molecule has 1 saturated heterocycles. The molecule has 1 heterocycles. The van der Waals surface area contributed by atoms with Crippen molar-refractivity contribution >= 4 is 5.91 Å². The van der Waals surface area contributed by atoms with Crippen LogP contribution in [0.3, 0.4) is 0 Å². The third kappa shape index (κ3) is 2.71. The first-order valence-electron chi connectivity index (χ1n) is 6.30. The van der Waals surface area contributed by atoms with Crippen LogP contribution in [0.2, 0.25) is 0 Å². The molecular formula is C14H20N2O2. The number of amides is 1. The van der Waals surface area contributed by atoms with Crippen molar-refractivity contribution in [3.05, 3.63) is 34.9 Å². The number of morpholine rings is 1. The van der Waals surface area contributed by atoms with E-state index < -0.39 is 0 Å². The molecule has 0 bridgehead atoms. The highest BCUT2D eigenvalue weighted by molar-refractivity contribution is 5.95. The van der Waals surface area contributed by atoms with Crippen LogP contribution in [0, 0.1) is 13.8 Å². The monoisotopic (exact) mass is 248 g/mol. The van der Waals surface area contributed by atoms with Gasteiger partial charge in [-0.05, 0) is 25.5 Å². The fourth-order valence-electron chi connectivity index (χ4n) is 2.27. The first kappa shape index (κ1) is 13.1. The zero-order valence-corrected chi connectivity index (χ0v) is 11.0. The van der Waals surface area contributed by atoms with Gasteiger partial charge in [0.05, 0.1) is 12.7 Å². The normalized spacial score (nSPS) is 19.9. The van der Waals surface area contributed by atoms with Crippen molar-refractivity contribution < 1.29 is 9.53 Å². The van der Waals surface area contributed by atoms with E-state index in [0.29, 0.717) is 26.2 Å². The Morgan fingerprint density at radius 3 is 2.94 bits per heavy atom. The second kappa shape index (κ2) is 5.50. The van der Waals surface area contributed by atoms with E-state index in [0.717, 1.165) is 11.1 Å². The Labute approximate surface area is 108 Å². The molecule has 4 heteroatoms.